The normalized spacial score (nSPS) is 15.6. The summed E-state index contributed by atoms with van der Waals surface area (Å²) in [6.07, 6.45) is -0.266. The van der Waals surface area contributed by atoms with Crippen LogP contribution < -0.4 is 25.4 Å². The molecule has 1 atom stereocenters. The Bertz CT molecular complexity index is 947. The van der Waals surface area contributed by atoms with Gasteiger partial charge in [0, 0.05) is 6.07 Å². The van der Waals surface area contributed by atoms with Gasteiger partial charge in [0.15, 0.2) is 0 Å². The van der Waals surface area contributed by atoms with Crippen molar-refractivity contribution in [1.82, 2.24) is 5.32 Å². The van der Waals surface area contributed by atoms with Crippen LogP contribution in [0.4, 0.5) is 11.4 Å². The molecule has 0 radical (unpaired) electrons. The summed E-state index contributed by atoms with van der Waals surface area (Å²) in [4.78, 5) is 37.2. The van der Waals surface area contributed by atoms with Crippen molar-refractivity contribution < 1.29 is 23.9 Å². The molecule has 28 heavy (non-hydrogen) atoms. The van der Waals surface area contributed by atoms with E-state index in [4.69, 9.17) is 21.1 Å². The Morgan fingerprint density at radius 2 is 1.86 bits per heavy atom. The summed E-state index contributed by atoms with van der Waals surface area (Å²) in [5.74, 6) is -0.669. The molecular formula is C19H18ClN3O5. The summed E-state index contributed by atoms with van der Waals surface area (Å²) in [7, 11) is 2.90. The van der Waals surface area contributed by atoms with Crippen molar-refractivity contribution >= 4 is 40.7 Å². The van der Waals surface area contributed by atoms with Crippen LogP contribution in [0, 0.1) is 0 Å². The van der Waals surface area contributed by atoms with E-state index in [1.807, 2.05) is 0 Å². The number of ether oxygens (including phenoxy) is 2. The maximum atomic E-state index is 12.5. The molecule has 0 spiro atoms. The van der Waals surface area contributed by atoms with Crippen LogP contribution in [0.2, 0.25) is 5.02 Å². The Kier molecular flexibility index (Phi) is 5.70. The minimum Gasteiger partial charge on any atom is -0.495 e. The topological polar surface area (TPSA) is 106 Å². The number of halogens is 1. The summed E-state index contributed by atoms with van der Waals surface area (Å²) in [5.41, 5.74) is 1.06. The largest absolute Gasteiger partial charge is 0.495 e. The summed E-state index contributed by atoms with van der Waals surface area (Å²) in [5, 5.41) is 8.15. The van der Waals surface area contributed by atoms with Crippen molar-refractivity contribution in [1.29, 1.82) is 0 Å². The Morgan fingerprint density at radius 3 is 2.57 bits per heavy atom. The zero-order valence-electron chi connectivity index (χ0n) is 15.2. The fraction of sp³-hybridized carbons (Fsp3) is 0.211. The minimum atomic E-state index is -1.03. The molecule has 0 fully saturated rings. The van der Waals surface area contributed by atoms with Crippen LogP contribution in [0.3, 0.4) is 0 Å². The van der Waals surface area contributed by atoms with Crippen molar-refractivity contribution in [3.8, 4) is 11.5 Å². The number of hydrogen-bond acceptors (Lipinski definition) is 5. The van der Waals surface area contributed by atoms with E-state index in [-0.39, 0.29) is 11.4 Å². The monoisotopic (exact) mass is 403 g/mol. The SMILES string of the molecule is COc1cc(OC)c(NC(=O)C[C@@H]2NC(=O)c3ccccc3NC2=O)cc1Cl. The smallest absolute Gasteiger partial charge is 0.254 e. The lowest BCUT2D eigenvalue weighted by Gasteiger charge is -2.16. The Morgan fingerprint density at radius 1 is 1.14 bits per heavy atom. The second-order valence-corrected chi connectivity index (χ2v) is 6.41. The third kappa shape index (κ3) is 4.01. The molecule has 0 saturated heterocycles. The summed E-state index contributed by atoms with van der Waals surface area (Å²) in [6.45, 7) is 0. The highest BCUT2D eigenvalue weighted by Gasteiger charge is 2.29. The Balaban J connectivity index is 1.74. The van der Waals surface area contributed by atoms with Gasteiger partial charge in [0.2, 0.25) is 11.8 Å². The van der Waals surface area contributed by atoms with Crippen molar-refractivity contribution in [3.05, 3.63) is 47.0 Å². The molecule has 0 aliphatic carbocycles. The summed E-state index contributed by atoms with van der Waals surface area (Å²) < 4.78 is 10.3. The summed E-state index contributed by atoms with van der Waals surface area (Å²) >= 11 is 6.10. The van der Waals surface area contributed by atoms with Gasteiger partial charge in [-0.05, 0) is 18.2 Å². The van der Waals surface area contributed by atoms with E-state index in [0.717, 1.165) is 0 Å². The summed E-state index contributed by atoms with van der Waals surface area (Å²) in [6, 6.07) is 8.61. The van der Waals surface area contributed by atoms with Gasteiger partial charge in [-0.2, -0.15) is 0 Å². The number of rotatable bonds is 5. The lowest BCUT2D eigenvalue weighted by Crippen LogP contribution is -2.43. The molecule has 1 aliphatic rings. The van der Waals surface area contributed by atoms with Gasteiger partial charge in [-0.15, -0.1) is 0 Å². The molecule has 2 aromatic carbocycles. The van der Waals surface area contributed by atoms with E-state index in [1.54, 1.807) is 24.3 Å². The Hall–Kier alpha value is -3.26. The molecule has 9 heteroatoms. The van der Waals surface area contributed by atoms with Crippen LogP contribution in [-0.2, 0) is 9.59 Å². The van der Waals surface area contributed by atoms with Gasteiger partial charge >= 0.3 is 0 Å². The highest BCUT2D eigenvalue weighted by molar-refractivity contribution is 6.32. The zero-order valence-corrected chi connectivity index (χ0v) is 15.9. The lowest BCUT2D eigenvalue weighted by atomic mass is 10.1. The molecule has 3 rings (SSSR count). The fourth-order valence-corrected chi connectivity index (χ4v) is 3.04. The van der Waals surface area contributed by atoms with E-state index in [1.165, 1.54) is 26.4 Å². The minimum absolute atomic E-state index is 0.266. The van der Waals surface area contributed by atoms with Gasteiger partial charge in [0.1, 0.15) is 17.5 Å². The highest BCUT2D eigenvalue weighted by atomic mass is 35.5. The van der Waals surface area contributed by atoms with Crippen LogP contribution in [0.1, 0.15) is 16.8 Å². The number of para-hydroxylation sites is 1. The number of benzene rings is 2. The van der Waals surface area contributed by atoms with Crippen LogP contribution in [0.25, 0.3) is 0 Å². The lowest BCUT2D eigenvalue weighted by molar-refractivity contribution is -0.122. The third-order valence-corrected chi connectivity index (χ3v) is 4.48. The number of carbonyl (C=O) groups is 3. The van der Waals surface area contributed by atoms with Crippen molar-refractivity contribution in [2.75, 3.05) is 24.9 Å². The second kappa shape index (κ2) is 8.18. The van der Waals surface area contributed by atoms with Crippen LogP contribution >= 0.6 is 11.6 Å². The molecular weight excluding hydrogens is 386 g/mol. The molecule has 0 bridgehead atoms. The standard InChI is InChI=1S/C19H18ClN3O5/c1-27-15-9-16(28-2)13(7-11(15)20)21-17(24)8-14-19(26)22-12-6-4-3-5-10(12)18(25)23-14/h3-7,9,14H,8H2,1-2H3,(H,21,24)(H,22,26)(H,23,25)/t14-/m0/s1. The first-order chi connectivity index (χ1) is 13.4. The molecule has 146 valence electrons. The molecule has 0 unspecified atom stereocenters. The van der Waals surface area contributed by atoms with Gasteiger partial charge < -0.3 is 25.4 Å². The fourth-order valence-electron chi connectivity index (χ4n) is 2.80. The van der Waals surface area contributed by atoms with E-state index >= 15 is 0 Å². The maximum absolute atomic E-state index is 12.5. The molecule has 2 aromatic rings. The van der Waals surface area contributed by atoms with Crippen LogP contribution in [0.15, 0.2) is 36.4 Å². The van der Waals surface area contributed by atoms with Crippen LogP contribution in [0.5, 0.6) is 11.5 Å². The van der Waals surface area contributed by atoms with E-state index in [2.05, 4.69) is 16.0 Å². The average molecular weight is 404 g/mol. The van der Waals surface area contributed by atoms with Gasteiger partial charge in [-0.25, -0.2) is 0 Å². The van der Waals surface area contributed by atoms with Crippen LogP contribution in [-0.4, -0.2) is 38.0 Å². The number of nitrogens with one attached hydrogen (secondary N) is 3. The van der Waals surface area contributed by atoms with Crippen molar-refractivity contribution in [2.24, 2.45) is 0 Å². The molecule has 1 heterocycles. The zero-order chi connectivity index (χ0) is 20.3. The predicted molar refractivity (Wildman–Crippen MR) is 104 cm³/mol. The van der Waals surface area contributed by atoms with E-state index < -0.39 is 23.8 Å². The number of carbonyl (C=O) groups excluding carboxylic acids is 3. The van der Waals surface area contributed by atoms with Gasteiger partial charge in [-0.3, -0.25) is 14.4 Å². The molecule has 3 amide bonds. The molecule has 1 aliphatic heterocycles. The van der Waals surface area contributed by atoms with Gasteiger partial charge in [-0.1, -0.05) is 23.7 Å². The quantitative estimate of drug-likeness (QED) is 0.711. The third-order valence-electron chi connectivity index (χ3n) is 4.19. The maximum Gasteiger partial charge on any atom is 0.254 e. The number of fused-ring (bicyclic) bond motifs is 1. The average Bonchev–Trinajstić information content (AvgIpc) is 2.78. The number of amides is 3. The van der Waals surface area contributed by atoms with Gasteiger partial charge in [0.05, 0.1) is 42.6 Å². The highest BCUT2D eigenvalue weighted by Crippen LogP contribution is 2.36. The first kappa shape index (κ1) is 19.5. The molecule has 0 aromatic heterocycles. The van der Waals surface area contributed by atoms with E-state index in [9.17, 15) is 14.4 Å². The first-order valence-corrected chi connectivity index (χ1v) is 8.73. The van der Waals surface area contributed by atoms with E-state index in [0.29, 0.717) is 28.4 Å². The number of hydrogen-bond donors (Lipinski definition) is 3. The second-order valence-electron chi connectivity index (χ2n) is 6.00. The molecule has 0 saturated carbocycles. The molecule has 8 nitrogen and oxygen atoms in total. The first-order valence-electron chi connectivity index (χ1n) is 8.35. The Labute approximate surface area is 166 Å². The molecule has 3 N–H and O–H groups in total. The van der Waals surface area contributed by atoms with Gasteiger partial charge in [0.25, 0.3) is 5.91 Å². The van der Waals surface area contributed by atoms with Crippen molar-refractivity contribution in [2.45, 2.75) is 12.5 Å². The number of methoxy groups -OCH3 is 2. The van der Waals surface area contributed by atoms with Crippen molar-refractivity contribution in [3.63, 3.8) is 0 Å². The predicted octanol–water partition coefficient (Wildman–Crippen LogP) is 2.44. The number of anilines is 2.